The Morgan fingerprint density at radius 2 is 2.21 bits per heavy atom. The molecule has 3 aromatic rings. The molecule has 0 aliphatic heterocycles. The van der Waals surface area contributed by atoms with Crippen LogP contribution in [0.5, 0.6) is 0 Å². The SMILES string of the molecule is CC(C)c1cc(Nc2nc(Cl)nc3ccsc23)n[nH]1. The largest absolute Gasteiger partial charge is 0.322 e. The Hall–Kier alpha value is -1.66. The van der Waals surface area contributed by atoms with Crippen LogP contribution in [0.2, 0.25) is 5.28 Å². The fourth-order valence-electron chi connectivity index (χ4n) is 1.74. The van der Waals surface area contributed by atoms with Crippen LogP contribution in [0.25, 0.3) is 10.2 Å². The lowest BCUT2D eigenvalue weighted by Crippen LogP contribution is -1.95. The normalized spacial score (nSPS) is 11.4. The molecule has 0 atom stereocenters. The number of nitrogens with one attached hydrogen (secondary N) is 2. The van der Waals surface area contributed by atoms with Gasteiger partial charge in [-0.3, -0.25) is 5.10 Å². The molecular weight excluding hydrogens is 282 g/mol. The molecule has 0 bridgehead atoms. The van der Waals surface area contributed by atoms with Crippen LogP contribution in [0.15, 0.2) is 17.5 Å². The molecular formula is C12H12ClN5S. The summed E-state index contributed by atoms with van der Waals surface area (Å²) in [6.07, 6.45) is 0. The molecule has 98 valence electrons. The van der Waals surface area contributed by atoms with Crippen LogP contribution < -0.4 is 5.32 Å². The first-order valence-electron chi connectivity index (χ1n) is 5.86. The predicted molar refractivity (Wildman–Crippen MR) is 78.4 cm³/mol. The van der Waals surface area contributed by atoms with Crippen molar-refractivity contribution in [2.45, 2.75) is 19.8 Å². The number of hydrogen-bond donors (Lipinski definition) is 2. The second-order valence-electron chi connectivity index (χ2n) is 4.46. The Labute approximate surface area is 119 Å². The van der Waals surface area contributed by atoms with Gasteiger partial charge >= 0.3 is 0 Å². The molecule has 3 aromatic heterocycles. The highest BCUT2D eigenvalue weighted by atomic mass is 35.5. The summed E-state index contributed by atoms with van der Waals surface area (Å²) in [6, 6.07) is 3.89. The average Bonchev–Trinajstić information content (AvgIpc) is 2.96. The molecule has 0 saturated heterocycles. The summed E-state index contributed by atoms with van der Waals surface area (Å²) >= 11 is 7.49. The molecule has 0 saturated carbocycles. The molecule has 3 rings (SSSR count). The van der Waals surface area contributed by atoms with Crippen LogP contribution in [0.4, 0.5) is 11.6 Å². The fourth-order valence-corrected chi connectivity index (χ4v) is 2.69. The molecule has 0 fully saturated rings. The zero-order chi connectivity index (χ0) is 13.4. The fraction of sp³-hybridized carbons (Fsp3) is 0.250. The van der Waals surface area contributed by atoms with Crippen LogP contribution in [0, 0.1) is 0 Å². The lowest BCUT2D eigenvalue weighted by Gasteiger charge is -2.03. The van der Waals surface area contributed by atoms with Crippen molar-refractivity contribution in [1.82, 2.24) is 20.2 Å². The third kappa shape index (κ3) is 2.41. The molecule has 0 aliphatic carbocycles. The number of anilines is 2. The van der Waals surface area contributed by atoms with E-state index in [9.17, 15) is 0 Å². The van der Waals surface area contributed by atoms with Gasteiger partial charge in [-0.05, 0) is 29.0 Å². The van der Waals surface area contributed by atoms with E-state index in [2.05, 4.69) is 39.3 Å². The molecule has 0 aliphatic rings. The molecule has 0 radical (unpaired) electrons. The summed E-state index contributed by atoms with van der Waals surface area (Å²) in [5.41, 5.74) is 1.91. The van der Waals surface area contributed by atoms with E-state index in [0.717, 1.165) is 21.7 Å². The predicted octanol–water partition coefficient (Wildman–Crippen LogP) is 3.93. The Morgan fingerprint density at radius 1 is 1.37 bits per heavy atom. The second-order valence-corrected chi connectivity index (χ2v) is 5.72. The average molecular weight is 294 g/mol. The molecule has 7 heteroatoms. The first kappa shape index (κ1) is 12.4. The van der Waals surface area contributed by atoms with Crippen molar-refractivity contribution < 1.29 is 0 Å². The van der Waals surface area contributed by atoms with E-state index < -0.39 is 0 Å². The standard InChI is InChI=1S/C12H12ClN5S/c1-6(2)8-5-9(18-17-8)15-11-10-7(3-4-19-10)14-12(13)16-11/h3-6H,1-2H3,(H2,14,15,16,17,18). The van der Waals surface area contributed by atoms with Crippen molar-refractivity contribution in [2.75, 3.05) is 5.32 Å². The van der Waals surface area contributed by atoms with Gasteiger partial charge in [-0.15, -0.1) is 11.3 Å². The molecule has 19 heavy (non-hydrogen) atoms. The number of H-pyrrole nitrogens is 1. The third-order valence-electron chi connectivity index (χ3n) is 2.74. The summed E-state index contributed by atoms with van der Waals surface area (Å²) < 4.78 is 0.971. The van der Waals surface area contributed by atoms with Gasteiger partial charge < -0.3 is 5.32 Å². The Bertz CT molecular complexity index is 718. The van der Waals surface area contributed by atoms with E-state index >= 15 is 0 Å². The molecule has 0 unspecified atom stereocenters. The Balaban J connectivity index is 1.97. The van der Waals surface area contributed by atoms with E-state index in [1.165, 1.54) is 0 Å². The second kappa shape index (κ2) is 4.79. The summed E-state index contributed by atoms with van der Waals surface area (Å²) in [6.45, 7) is 4.21. The van der Waals surface area contributed by atoms with Gasteiger partial charge in [-0.1, -0.05) is 13.8 Å². The maximum atomic E-state index is 5.92. The minimum atomic E-state index is 0.230. The van der Waals surface area contributed by atoms with Crippen molar-refractivity contribution in [3.63, 3.8) is 0 Å². The number of halogens is 1. The Morgan fingerprint density at radius 3 is 2.95 bits per heavy atom. The van der Waals surface area contributed by atoms with Gasteiger partial charge in [0.1, 0.15) is 0 Å². The first-order chi connectivity index (χ1) is 9.13. The number of nitrogens with zero attached hydrogens (tertiary/aromatic N) is 3. The summed E-state index contributed by atoms with van der Waals surface area (Å²) in [5, 5.41) is 12.6. The smallest absolute Gasteiger partial charge is 0.224 e. The van der Waals surface area contributed by atoms with Gasteiger partial charge in [-0.25, -0.2) is 4.98 Å². The van der Waals surface area contributed by atoms with Gasteiger partial charge in [0.15, 0.2) is 11.6 Å². The Kier molecular flexibility index (Phi) is 3.12. The molecule has 0 aromatic carbocycles. The summed E-state index contributed by atoms with van der Waals surface area (Å²) in [5.74, 6) is 1.82. The zero-order valence-electron chi connectivity index (χ0n) is 10.4. The topological polar surface area (TPSA) is 66.5 Å². The van der Waals surface area contributed by atoms with Crippen LogP contribution in [0.3, 0.4) is 0 Å². The van der Waals surface area contributed by atoms with E-state index in [1.807, 2.05) is 17.5 Å². The highest BCUT2D eigenvalue weighted by molar-refractivity contribution is 7.17. The van der Waals surface area contributed by atoms with Gasteiger partial charge in [0.25, 0.3) is 0 Å². The first-order valence-corrected chi connectivity index (χ1v) is 7.12. The van der Waals surface area contributed by atoms with Gasteiger partial charge in [0.2, 0.25) is 5.28 Å². The molecule has 5 nitrogen and oxygen atoms in total. The highest BCUT2D eigenvalue weighted by Crippen LogP contribution is 2.29. The minimum absolute atomic E-state index is 0.230. The maximum absolute atomic E-state index is 5.92. The van der Waals surface area contributed by atoms with Crippen LogP contribution in [0.1, 0.15) is 25.5 Å². The van der Waals surface area contributed by atoms with Crippen molar-refractivity contribution in [3.05, 3.63) is 28.5 Å². The maximum Gasteiger partial charge on any atom is 0.224 e. The van der Waals surface area contributed by atoms with Gasteiger partial charge in [0.05, 0.1) is 10.2 Å². The van der Waals surface area contributed by atoms with E-state index in [4.69, 9.17) is 11.6 Å². The number of aromatic amines is 1. The molecule has 3 heterocycles. The summed E-state index contributed by atoms with van der Waals surface area (Å²) in [7, 11) is 0. The number of thiophene rings is 1. The quantitative estimate of drug-likeness (QED) is 0.718. The number of fused-ring (bicyclic) bond motifs is 1. The monoisotopic (exact) mass is 293 g/mol. The van der Waals surface area contributed by atoms with Gasteiger partial charge in [0, 0.05) is 11.8 Å². The van der Waals surface area contributed by atoms with Crippen LogP contribution in [-0.2, 0) is 0 Å². The van der Waals surface area contributed by atoms with Crippen LogP contribution in [-0.4, -0.2) is 20.2 Å². The van der Waals surface area contributed by atoms with E-state index in [-0.39, 0.29) is 5.28 Å². The third-order valence-corrected chi connectivity index (χ3v) is 3.82. The molecule has 2 N–H and O–H groups in total. The van der Waals surface area contributed by atoms with Crippen molar-refractivity contribution >= 4 is 44.8 Å². The lowest BCUT2D eigenvalue weighted by molar-refractivity contribution is 0.811. The van der Waals surface area contributed by atoms with Crippen molar-refractivity contribution in [1.29, 1.82) is 0 Å². The van der Waals surface area contributed by atoms with Crippen molar-refractivity contribution in [3.8, 4) is 0 Å². The van der Waals surface area contributed by atoms with Gasteiger partial charge in [-0.2, -0.15) is 10.1 Å². The highest BCUT2D eigenvalue weighted by Gasteiger charge is 2.10. The summed E-state index contributed by atoms with van der Waals surface area (Å²) in [4.78, 5) is 8.39. The number of aromatic nitrogens is 4. The van der Waals surface area contributed by atoms with Crippen molar-refractivity contribution in [2.24, 2.45) is 0 Å². The van der Waals surface area contributed by atoms with E-state index in [0.29, 0.717) is 11.7 Å². The number of hydrogen-bond acceptors (Lipinski definition) is 5. The minimum Gasteiger partial charge on any atom is -0.322 e. The zero-order valence-corrected chi connectivity index (χ0v) is 12.0. The number of rotatable bonds is 3. The lowest BCUT2D eigenvalue weighted by atomic mass is 10.1. The van der Waals surface area contributed by atoms with E-state index in [1.54, 1.807) is 11.3 Å². The van der Waals surface area contributed by atoms with Crippen LogP contribution >= 0.6 is 22.9 Å². The molecule has 0 spiro atoms. The molecule has 0 amide bonds.